The maximum Gasteiger partial charge on any atom is 0.336 e. The van der Waals surface area contributed by atoms with Crippen LogP contribution in [0.25, 0.3) is 10.9 Å². The third-order valence-corrected chi connectivity index (χ3v) is 4.70. The van der Waals surface area contributed by atoms with E-state index in [0.29, 0.717) is 0 Å². The minimum Gasteiger partial charge on any atom is -0.464 e. The number of rotatable bonds is 11. The van der Waals surface area contributed by atoms with Gasteiger partial charge < -0.3 is 29.8 Å². The van der Waals surface area contributed by atoms with Gasteiger partial charge in [-0.1, -0.05) is 32.0 Å². The molecule has 2 aromatic rings. The molecule has 2 atom stereocenters. The molecule has 1 heterocycles. The van der Waals surface area contributed by atoms with Gasteiger partial charge in [-0.3, -0.25) is 0 Å². The van der Waals surface area contributed by atoms with Crippen molar-refractivity contribution in [2.45, 2.75) is 46.3 Å². The highest BCUT2D eigenvalue weighted by Crippen LogP contribution is 2.16. The first kappa shape index (κ1) is 25.2. The zero-order chi connectivity index (χ0) is 23.7. The highest BCUT2D eigenvalue weighted by molar-refractivity contribution is 5.85. The second kappa shape index (κ2) is 12.1. The standard InChI is InChI=1S/C23H33N3O6/c1-5-31-21(28)19(12-17-11-16-9-7-8-10-18(16)24-17)25-23(30)26(13-15(3)4)14-20(27)22(29)32-6-2/h7-11,15,19-20,24,27H,5-6,12-14H2,1-4H3,(H,25,30)/t19-,20?/m0/s1. The van der Waals surface area contributed by atoms with E-state index in [1.165, 1.54) is 4.90 Å². The first-order valence-corrected chi connectivity index (χ1v) is 10.9. The number of fused-ring (bicyclic) bond motifs is 1. The number of esters is 2. The number of ether oxygens (including phenoxy) is 2. The lowest BCUT2D eigenvalue weighted by atomic mass is 10.1. The molecule has 0 aliphatic rings. The number of hydrogen-bond donors (Lipinski definition) is 3. The number of H-pyrrole nitrogens is 1. The Labute approximate surface area is 188 Å². The number of hydrogen-bond acceptors (Lipinski definition) is 6. The Morgan fingerprint density at radius 2 is 1.72 bits per heavy atom. The van der Waals surface area contributed by atoms with Gasteiger partial charge in [-0.25, -0.2) is 14.4 Å². The van der Waals surface area contributed by atoms with Crippen molar-refractivity contribution in [1.29, 1.82) is 0 Å². The second-order valence-corrected chi connectivity index (χ2v) is 7.91. The molecule has 0 saturated carbocycles. The van der Waals surface area contributed by atoms with E-state index in [1.54, 1.807) is 13.8 Å². The average Bonchev–Trinajstić information content (AvgIpc) is 3.15. The van der Waals surface area contributed by atoms with Crippen molar-refractivity contribution in [3.63, 3.8) is 0 Å². The maximum absolute atomic E-state index is 13.0. The Balaban J connectivity index is 2.17. The van der Waals surface area contributed by atoms with Crippen LogP contribution < -0.4 is 5.32 Å². The Kier molecular flexibility index (Phi) is 9.52. The summed E-state index contributed by atoms with van der Waals surface area (Å²) in [5, 5.41) is 13.8. The van der Waals surface area contributed by atoms with Gasteiger partial charge in [-0.2, -0.15) is 0 Å². The summed E-state index contributed by atoms with van der Waals surface area (Å²) in [6.45, 7) is 7.48. The summed E-state index contributed by atoms with van der Waals surface area (Å²) in [4.78, 5) is 41.9. The highest BCUT2D eigenvalue weighted by Gasteiger charge is 2.29. The number of aromatic nitrogens is 1. The van der Waals surface area contributed by atoms with E-state index in [9.17, 15) is 19.5 Å². The number of aromatic amines is 1. The number of amides is 2. The molecule has 0 radical (unpaired) electrons. The van der Waals surface area contributed by atoms with Crippen LogP contribution in [-0.4, -0.2) is 71.4 Å². The Morgan fingerprint density at radius 3 is 2.34 bits per heavy atom. The van der Waals surface area contributed by atoms with Gasteiger partial charge in [0.1, 0.15) is 6.04 Å². The molecule has 0 spiro atoms. The van der Waals surface area contributed by atoms with Crippen molar-refractivity contribution in [3.8, 4) is 0 Å². The summed E-state index contributed by atoms with van der Waals surface area (Å²) < 4.78 is 9.98. The van der Waals surface area contributed by atoms with Gasteiger partial charge in [0.05, 0.1) is 19.8 Å². The first-order chi connectivity index (χ1) is 15.2. The fraction of sp³-hybridized carbons (Fsp3) is 0.522. The molecule has 0 saturated heterocycles. The van der Waals surface area contributed by atoms with Crippen LogP contribution in [-0.2, 0) is 25.5 Å². The van der Waals surface area contributed by atoms with Gasteiger partial charge in [-0.15, -0.1) is 0 Å². The fourth-order valence-electron chi connectivity index (χ4n) is 3.34. The predicted molar refractivity (Wildman–Crippen MR) is 120 cm³/mol. The maximum atomic E-state index is 13.0. The van der Waals surface area contributed by atoms with Gasteiger partial charge in [0.25, 0.3) is 0 Å². The zero-order valence-electron chi connectivity index (χ0n) is 19.1. The normalized spacial score (nSPS) is 12.9. The summed E-state index contributed by atoms with van der Waals surface area (Å²) in [5.41, 5.74) is 1.70. The number of para-hydroxylation sites is 1. The molecule has 0 fully saturated rings. The quantitative estimate of drug-likeness (QED) is 0.454. The number of aliphatic hydroxyl groups is 1. The molecule has 1 aromatic carbocycles. The van der Waals surface area contributed by atoms with E-state index in [-0.39, 0.29) is 38.6 Å². The monoisotopic (exact) mass is 447 g/mol. The number of aliphatic hydroxyl groups excluding tert-OH is 1. The van der Waals surface area contributed by atoms with Crippen molar-refractivity contribution in [1.82, 2.24) is 15.2 Å². The fourth-order valence-corrected chi connectivity index (χ4v) is 3.34. The lowest BCUT2D eigenvalue weighted by Crippen LogP contribution is -2.52. The van der Waals surface area contributed by atoms with Crippen LogP contribution >= 0.6 is 0 Å². The minimum absolute atomic E-state index is 0.0740. The molecule has 0 aliphatic heterocycles. The molecule has 3 N–H and O–H groups in total. The second-order valence-electron chi connectivity index (χ2n) is 7.91. The lowest BCUT2D eigenvalue weighted by molar-refractivity contribution is -0.153. The van der Waals surface area contributed by atoms with Crippen molar-refractivity contribution < 1.29 is 29.0 Å². The van der Waals surface area contributed by atoms with Crippen LogP contribution in [0.1, 0.15) is 33.4 Å². The third kappa shape index (κ3) is 7.26. The Hall–Kier alpha value is -3.07. The number of carbonyl (C=O) groups excluding carboxylic acids is 3. The first-order valence-electron chi connectivity index (χ1n) is 10.9. The summed E-state index contributed by atoms with van der Waals surface area (Å²) in [6, 6.07) is 8.12. The molecule has 9 nitrogen and oxygen atoms in total. The van der Waals surface area contributed by atoms with Crippen LogP contribution in [0.4, 0.5) is 4.79 Å². The van der Waals surface area contributed by atoms with Gasteiger partial charge in [0.15, 0.2) is 6.10 Å². The van der Waals surface area contributed by atoms with E-state index >= 15 is 0 Å². The molecule has 0 aliphatic carbocycles. The third-order valence-electron chi connectivity index (χ3n) is 4.70. The predicted octanol–water partition coefficient (Wildman–Crippen LogP) is 2.23. The highest BCUT2D eigenvalue weighted by atomic mass is 16.5. The number of benzene rings is 1. The van der Waals surface area contributed by atoms with Crippen molar-refractivity contribution in [2.75, 3.05) is 26.3 Å². The van der Waals surface area contributed by atoms with E-state index in [4.69, 9.17) is 9.47 Å². The van der Waals surface area contributed by atoms with Crippen LogP contribution in [0.5, 0.6) is 0 Å². The summed E-state index contributed by atoms with van der Waals surface area (Å²) in [6.07, 6.45) is -1.27. The number of carbonyl (C=O) groups is 3. The number of nitrogens with zero attached hydrogens (tertiary/aromatic N) is 1. The molecular weight excluding hydrogens is 414 g/mol. The van der Waals surface area contributed by atoms with Crippen LogP contribution in [0.15, 0.2) is 30.3 Å². The van der Waals surface area contributed by atoms with Crippen molar-refractivity contribution >= 4 is 28.9 Å². The Bertz CT molecular complexity index is 877. The molecule has 1 aromatic heterocycles. The van der Waals surface area contributed by atoms with Crippen molar-refractivity contribution in [2.24, 2.45) is 5.92 Å². The molecule has 32 heavy (non-hydrogen) atoms. The SMILES string of the molecule is CCOC(=O)C(O)CN(CC(C)C)C(=O)N[C@@H](Cc1cc2ccccc2[nH]1)C(=O)OCC. The Morgan fingerprint density at radius 1 is 1.06 bits per heavy atom. The van der Waals surface area contributed by atoms with Crippen molar-refractivity contribution in [3.05, 3.63) is 36.0 Å². The van der Waals surface area contributed by atoms with Crippen LogP contribution in [0, 0.1) is 5.92 Å². The van der Waals surface area contributed by atoms with Crippen LogP contribution in [0.2, 0.25) is 0 Å². The van der Waals surface area contributed by atoms with Crippen LogP contribution in [0.3, 0.4) is 0 Å². The minimum atomic E-state index is -1.48. The average molecular weight is 448 g/mol. The summed E-state index contributed by atoms with van der Waals surface area (Å²) >= 11 is 0. The molecule has 9 heteroatoms. The summed E-state index contributed by atoms with van der Waals surface area (Å²) in [7, 11) is 0. The van der Waals surface area contributed by atoms with Gasteiger partial charge >= 0.3 is 18.0 Å². The van der Waals surface area contributed by atoms with E-state index in [1.807, 2.05) is 44.2 Å². The molecule has 2 amide bonds. The molecule has 1 unspecified atom stereocenters. The largest absolute Gasteiger partial charge is 0.464 e. The lowest BCUT2D eigenvalue weighted by Gasteiger charge is -2.28. The van der Waals surface area contributed by atoms with Gasteiger partial charge in [-0.05, 0) is 37.3 Å². The molecule has 2 rings (SSSR count). The smallest absolute Gasteiger partial charge is 0.336 e. The molecule has 0 bridgehead atoms. The summed E-state index contributed by atoms with van der Waals surface area (Å²) in [5.74, 6) is -1.28. The molecule has 176 valence electrons. The number of nitrogens with one attached hydrogen (secondary N) is 2. The zero-order valence-corrected chi connectivity index (χ0v) is 19.1. The topological polar surface area (TPSA) is 121 Å². The molecular formula is C23H33N3O6. The van der Waals surface area contributed by atoms with E-state index in [0.717, 1.165) is 16.6 Å². The van der Waals surface area contributed by atoms with E-state index < -0.39 is 30.1 Å². The van der Waals surface area contributed by atoms with Gasteiger partial charge in [0.2, 0.25) is 0 Å². The number of urea groups is 1. The van der Waals surface area contributed by atoms with E-state index in [2.05, 4.69) is 10.3 Å². The van der Waals surface area contributed by atoms with Gasteiger partial charge in [0, 0.05) is 24.2 Å².